The third-order valence-corrected chi connectivity index (χ3v) is 24.4. The fourth-order valence-electron chi connectivity index (χ4n) is 18.1. The van der Waals surface area contributed by atoms with E-state index < -0.39 is 17.2 Å². The van der Waals surface area contributed by atoms with E-state index in [1.54, 1.807) is 24.8 Å². The van der Waals surface area contributed by atoms with E-state index in [1.165, 1.54) is 79.0 Å². The molecule has 6 aromatic heterocycles. The van der Waals surface area contributed by atoms with Gasteiger partial charge in [-0.25, -0.2) is 15.0 Å². The molecule has 7 N–H and O–H groups in total. The van der Waals surface area contributed by atoms with Gasteiger partial charge in [-0.05, 0) is 206 Å². The highest BCUT2D eigenvalue weighted by molar-refractivity contribution is 5.98. The number of carbonyl (C=O) groups excluding carboxylic acids is 3. The average Bonchev–Trinajstić information content (AvgIpc) is 1.29. The summed E-state index contributed by atoms with van der Waals surface area (Å²) >= 11 is 0. The van der Waals surface area contributed by atoms with Gasteiger partial charge in [0.1, 0.15) is 28.0 Å². The first-order chi connectivity index (χ1) is 54.4. The molecule has 27 heteroatoms. The predicted octanol–water partition coefficient (Wildman–Crippen LogP) is 9.65. The number of pyridine rings is 3. The molecule has 3 saturated heterocycles. The molecule has 0 radical (unpaired) electrons. The molecule has 582 valence electrons. The minimum absolute atomic E-state index is 0.00378. The van der Waals surface area contributed by atoms with Crippen molar-refractivity contribution >= 4 is 97.1 Å². The number of aromatic nitrogens is 9. The SMILES string of the molecule is CCNC(=O)c1cn(-c2ccc3c(c2)CCC3)c2nc(Nc3ccc(CN4CCN(C)CC4)cc3)ncc2c1=O.CCNC(=O)c1cn(C2CC3CCC2C3)c2nc(Nc3ccc(N4CCN(C)CC4)cc3)ncc2c1=O.CN1CCN(c2ccc(Nc3ncc4c(=O)c(C(N)=O)cn(C5CC6CCC5C6)c4n3)cc2)CC1. The lowest BCUT2D eigenvalue weighted by atomic mass is 9.94. The summed E-state index contributed by atoms with van der Waals surface area (Å²) in [5, 5.41) is 16.5. The number of fused-ring (bicyclic) bond motifs is 8. The molecule has 18 rings (SSSR count). The third kappa shape index (κ3) is 16.1. The van der Waals surface area contributed by atoms with Crippen LogP contribution in [-0.2, 0) is 19.4 Å². The average molecular weight is 1510 g/mol. The van der Waals surface area contributed by atoms with Crippen molar-refractivity contribution in [1.29, 1.82) is 0 Å². The van der Waals surface area contributed by atoms with E-state index in [2.05, 4.69) is 145 Å². The molecule has 3 amide bonds. The van der Waals surface area contributed by atoms with Crippen LogP contribution in [0.15, 0.2) is 143 Å². The zero-order chi connectivity index (χ0) is 77.3. The van der Waals surface area contributed by atoms with E-state index in [4.69, 9.17) is 20.7 Å². The Labute approximate surface area is 651 Å². The van der Waals surface area contributed by atoms with Crippen LogP contribution in [0.3, 0.4) is 0 Å². The van der Waals surface area contributed by atoms with Crippen LogP contribution in [0.1, 0.15) is 131 Å². The lowest BCUT2D eigenvalue weighted by molar-refractivity contribution is 0.0945. The Bertz CT molecular complexity index is 5340. The molecule has 9 heterocycles. The lowest BCUT2D eigenvalue weighted by Gasteiger charge is -2.34. The summed E-state index contributed by atoms with van der Waals surface area (Å²) in [4.78, 5) is 119. The third-order valence-electron chi connectivity index (χ3n) is 24.4. The minimum atomic E-state index is -0.712. The fourth-order valence-corrected chi connectivity index (χ4v) is 18.1. The molecule has 4 saturated carbocycles. The first kappa shape index (κ1) is 75.1. The Kier molecular flexibility index (Phi) is 21.9. The summed E-state index contributed by atoms with van der Waals surface area (Å²) in [6.07, 6.45) is 22.2. The Morgan fingerprint density at radius 1 is 0.455 bits per heavy atom. The van der Waals surface area contributed by atoms with Crippen molar-refractivity contribution in [3.63, 3.8) is 0 Å². The minimum Gasteiger partial charge on any atom is -0.369 e. The van der Waals surface area contributed by atoms with Gasteiger partial charge in [0.25, 0.3) is 17.7 Å². The number of likely N-dealkylation sites (N-methyl/N-ethyl adjacent to an activating group) is 3. The molecule has 112 heavy (non-hydrogen) atoms. The highest BCUT2D eigenvalue weighted by atomic mass is 16.2. The van der Waals surface area contributed by atoms with Gasteiger partial charge in [-0.1, -0.05) is 31.0 Å². The summed E-state index contributed by atoms with van der Waals surface area (Å²) in [7, 11) is 6.48. The molecule has 4 bridgehead atoms. The Morgan fingerprint density at radius 2 is 0.866 bits per heavy atom. The molecule has 27 nitrogen and oxygen atoms in total. The summed E-state index contributed by atoms with van der Waals surface area (Å²) in [5.74, 6) is 2.33. The summed E-state index contributed by atoms with van der Waals surface area (Å²) in [6.45, 7) is 18.2. The van der Waals surface area contributed by atoms with E-state index >= 15 is 0 Å². The fraction of sp³-hybridized carbons (Fsp3) is 0.435. The molecule has 0 spiro atoms. The van der Waals surface area contributed by atoms with E-state index in [-0.39, 0.29) is 45.5 Å². The monoisotopic (exact) mass is 1510 g/mol. The smallest absolute Gasteiger partial charge is 0.256 e. The first-order valence-corrected chi connectivity index (χ1v) is 40.1. The highest BCUT2D eigenvalue weighted by Gasteiger charge is 2.43. The van der Waals surface area contributed by atoms with Gasteiger partial charge in [0, 0.05) is 182 Å². The Morgan fingerprint density at radius 3 is 1.31 bits per heavy atom. The van der Waals surface area contributed by atoms with E-state index in [9.17, 15) is 28.8 Å². The van der Waals surface area contributed by atoms with Crippen LogP contribution in [0.2, 0.25) is 0 Å². The Hall–Kier alpha value is -11.0. The summed E-state index contributed by atoms with van der Waals surface area (Å²) < 4.78 is 5.95. The number of aryl methyl sites for hydroxylation is 2. The highest BCUT2D eigenvalue weighted by Crippen LogP contribution is 2.52. The van der Waals surface area contributed by atoms with E-state index in [1.807, 2.05) is 65.4 Å². The van der Waals surface area contributed by atoms with Gasteiger partial charge in [0.15, 0.2) is 5.65 Å². The normalized spacial score (nSPS) is 21.0. The topological polar surface area (TPSA) is 300 Å². The van der Waals surface area contributed by atoms with Crippen molar-refractivity contribution in [2.75, 3.05) is 139 Å². The molecule has 7 fully saturated rings. The van der Waals surface area contributed by atoms with Crippen LogP contribution in [0.5, 0.6) is 0 Å². The number of amides is 3. The number of carbonyl (C=O) groups is 3. The van der Waals surface area contributed by atoms with Gasteiger partial charge in [0.05, 0.1) is 16.2 Å². The number of primary amides is 1. The lowest BCUT2D eigenvalue weighted by Crippen LogP contribution is -2.44. The predicted molar refractivity (Wildman–Crippen MR) is 440 cm³/mol. The van der Waals surface area contributed by atoms with E-state index in [0.717, 1.165) is 146 Å². The van der Waals surface area contributed by atoms with Crippen molar-refractivity contribution in [1.82, 2.24) is 73.8 Å². The van der Waals surface area contributed by atoms with Gasteiger partial charge in [-0.2, -0.15) is 15.0 Å². The second-order valence-corrected chi connectivity index (χ2v) is 31.8. The van der Waals surface area contributed by atoms with Crippen molar-refractivity contribution in [3.05, 3.63) is 192 Å². The molecular formula is C85H101N21O6. The van der Waals surface area contributed by atoms with Crippen LogP contribution >= 0.6 is 0 Å². The number of anilines is 8. The molecule has 4 aromatic carbocycles. The van der Waals surface area contributed by atoms with Gasteiger partial charge in [0.2, 0.25) is 34.1 Å². The molecule has 8 aliphatic rings. The van der Waals surface area contributed by atoms with Crippen molar-refractivity contribution in [2.45, 2.75) is 103 Å². The van der Waals surface area contributed by atoms with Crippen molar-refractivity contribution < 1.29 is 14.4 Å². The summed E-state index contributed by atoms with van der Waals surface area (Å²) in [5.41, 5.74) is 16.1. The van der Waals surface area contributed by atoms with Crippen LogP contribution in [0.25, 0.3) is 38.8 Å². The van der Waals surface area contributed by atoms with Gasteiger partial charge >= 0.3 is 0 Å². The first-order valence-electron chi connectivity index (χ1n) is 40.1. The maximum atomic E-state index is 13.3. The number of nitrogens with one attached hydrogen (secondary N) is 5. The second kappa shape index (κ2) is 32.7. The number of benzene rings is 4. The molecular weight excluding hydrogens is 1410 g/mol. The van der Waals surface area contributed by atoms with Crippen molar-refractivity contribution in [3.8, 4) is 5.69 Å². The largest absolute Gasteiger partial charge is 0.369 e. The molecule has 6 atom stereocenters. The van der Waals surface area contributed by atoms with Crippen molar-refractivity contribution in [2.24, 2.45) is 29.4 Å². The second-order valence-electron chi connectivity index (χ2n) is 31.8. The summed E-state index contributed by atoms with van der Waals surface area (Å²) in [6, 6.07) is 31.7. The van der Waals surface area contributed by atoms with Crippen LogP contribution < -0.4 is 58.4 Å². The molecule has 5 aliphatic carbocycles. The van der Waals surface area contributed by atoms with E-state index in [0.29, 0.717) is 81.8 Å². The standard InChI is InChI=1S/C31H35N7O2.C28H35N7O2.C26H31N7O2/c1-3-32-30(40)27-20-38(25-12-9-22-5-4-6-23(22)17-25)29-26(28(27)39)18-33-31(35-29)34-24-10-7-21(8-11-24)19-37-15-13-36(2)14-16-37;1-3-29-27(37)23-17-35(24-15-18-4-5-19(24)14-18)26-22(25(23)36)16-30-28(32-26)31-20-6-8-21(9-7-20)34-12-10-33(2)11-13-34;1-31-8-10-32(11-9-31)19-6-4-18(5-7-19)29-26-28-14-20-23(34)21(24(27)35)15-33(25(20)30-26)22-13-16-2-3-17(22)12-16/h7-12,17-18,20H,3-6,13-16,19H2,1-2H3,(H,32,40)(H,33,34,35);6-9,16-19,24H,3-5,10-15H2,1-2H3,(H,29,37)(H,30,31,32);4-7,14-17,22H,2-3,8-13H2,1H3,(H2,27,35)(H,28,29,30). The quantitative estimate of drug-likeness (QED) is 0.0466. The Balaban J connectivity index is 0.000000127. The molecule has 10 aromatic rings. The van der Waals surface area contributed by atoms with Gasteiger partial charge < -0.3 is 70.5 Å². The number of nitrogens with two attached hydrogens (primary N) is 1. The maximum Gasteiger partial charge on any atom is 0.256 e. The number of hydrogen-bond donors (Lipinski definition) is 6. The molecule has 6 unspecified atom stereocenters. The zero-order valence-corrected chi connectivity index (χ0v) is 64.7. The van der Waals surface area contributed by atoms with Gasteiger partial charge in [-0.3, -0.25) is 33.7 Å². The number of nitrogens with zero attached hydrogens (tertiary/aromatic N) is 15. The van der Waals surface area contributed by atoms with Crippen LogP contribution in [0.4, 0.5) is 46.3 Å². The number of piperazine rings is 3. The maximum absolute atomic E-state index is 13.3. The van der Waals surface area contributed by atoms with Gasteiger partial charge in [-0.15, -0.1) is 0 Å². The zero-order valence-electron chi connectivity index (χ0n) is 64.7. The number of rotatable bonds is 18. The van der Waals surface area contributed by atoms with Crippen LogP contribution in [-0.4, -0.2) is 194 Å². The molecule has 3 aliphatic heterocycles. The van der Waals surface area contributed by atoms with Crippen LogP contribution in [0, 0.1) is 23.7 Å². The number of hydrogen-bond acceptors (Lipinski definition) is 21.